The predicted octanol–water partition coefficient (Wildman–Crippen LogP) is 3.44. The second kappa shape index (κ2) is 13.6. The van der Waals surface area contributed by atoms with Crippen molar-refractivity contribution in [2.75, 3.05) is 34.7 Å². The molecule has 0 aliphatic heterocycles. The van der Waals surface area contributed by atoms with Crippen LogP contribution >= 0.6 is 0 Å². The van der Waals surface area contributed by atoms with E-state index in [0.717, 1.165) is 17.5 Å². The van der Waals surface area contributed by atoms with E-state index in [0.29, 0.717) is 25.3 Å². The van der Waals surface area contributed by atoms with Gasteiger partial charge in [0.2, 0.25) is 11.8 Å². The first-order valence-electron chi connectivity index (χ1n) is 12.2. The third kappa shape index (κ3) is 8.83. The normalized spacial score (nSPS) is 12.8. The van der Waals surface area contributed by atoms with E-state index in [1.807, 2.05) is 93.5 Å². The van der Waals surface area contributed by atoms with Crippen LogP contribution < -0.4 is 5.32 Å². The van der Waals surface area contributed by atoms with E-state index in [2.05, 4.69) is 5.32 Å². The van der Waals surface area contributed by atoms with Gasteiger partial charge in [-0.2, -0.15) is 0 Å². The Kier molecular flexibility index (Phi) is 10.9. The molecule has 0 aliphatic carbocycles. The second-order valence-electron chi connectivity index (χ2n) is 9.72. The van der Waals surface area contributed by atoms with Crippen LogP contribution in [0.2, 0.25) is 0 Å². The zero-order valence-electron chi connectivity index (χ0n) is 21.9. The van der Waals surface area contributed by atoms with E-state index < -0.39 is 18.1 Å². The third-order valence-corrected chi connectivity index (χ3v) is 6.15. The molecule has 0 fully saturated rings. The number of carbonyl (C=O) groups is 3. The lowest BCUT2D eigenvalue weighted by atomic mass is 10.0. The highest BCUT2D eigenvalue weighted by molar-refractivity contribution is 5.98. The molecule has 0 spiro atoms. The highest BCUT2D eigenvalue weighted by atomic mass is 16.2. The molecule has 190 valence electrons. The van der Waals surface area contributed by atoms with Gasteiger partial charge in [-0.25, -0.2) is 4.79 Å². The van der Waals surface area contributed by atoms with Crippen LogP contribution in [-0.4, -0.2) is 79.4 Å². The monoisotopic (exact) mass is 480 g/mol. The van der Waals surface area contributed by atoms with Crippen LogP contribution in [-0.2, 0) is 22.4 Å². The van der Waals surface area contributed by atoms with Crippen LogP contribution in [0.4, 0.5) is 4.79 Å². The maximum atomic E-state index is 13.5. The van der Waals surface area contributed by atoms with Crippen LogP contribution in [0.15, 0.2) is 60.7 Å². The molecule has 2 atom stereocenters. The van der Waals surface area contributed by atoms with E-state index in [-0.39, 0.29) is 11.8 Å². The lowest BCUT2D eigenvalue weighted by Crippen LogP contribution is -2.55. The molecule has 0 saturated carbocycles. The summed E-state index contributed by atoms with van der Waals surface area (Å²) in [5.74, 6) is -0.225. The number of nitrogens with one attached hydrogen (secondary N) is 1. The average Bonchev–Trinajstić information content (AvgIpc) is 2.84. The molecule has 0 unspecified atom stereocenters. The summed E-state index contributed by atoms with van der Waals surface area (Å²) < 4.78 is 0. The summed E-state index contributed by atoms with van der Waals surface area (Å²) in [6.07, 6.45) is 1.70. The zero-order chi connectivity index (χ0) is 26.0. The Morgan fingerprint density at radius 1 is 0.800 bits per heavy atom. The number of benzene rings is 2. The van der Waals surface area contributed by atoms with Crippen molar-refractivity contribution in [1.82, 2.24) is 20.0 Å². The van der Waals surface area contributed by atoms with Crippen LogP contribution in [0.1, 0.15) is 31.4 Å². The molecule has 2 aromatic carbocycles. The van der Waals surface area contributed by atoms with E-state index in [1.165, 1.54) is 4.90 Å². The number of rotatable bonds is 11. The fraction of sp³-hybridized carbons (Fsp3) is 0.464. The highest BCUT2D eigenvalue weighted by Crippen LogP contribution is 2.13. The lowest BCUT2D eigenvalue weighted by molar-refractivity contribution is -0.134. The minimum atomic E-state index is -0.742. The summed E-state index contributed by atoms with van der Waals surface area (Å²) in [6.45, 7) is 4.61. The molecule has 0 heterocycles. The second-order valence-corrected chi connectivity index (χ2v) is 9.72. The number of urea groups is 1. The first-order chi connectivity index (χ1) is 16.6. The minimum Gasteiger partial charge on any atom is -0.344 e. The van der Waals surface area contributed by atoms with Crippen molar-refractivity contribution in [3.8, 4) is 0 Å². The quantitative estimate of drug-likeness (QED) is 0.535. The molecule has 4 amide bonds. The van der Waals surface area contributed by atoms with E-state index in [1.54, 1.807) is 19.0 Å². The summed E-state index contributed by atoms with van der Waals surface area (Å²) in [5, 5.41) is 2.52. The Hall–Kier alpha value is -3.19. The van der Waals surface area contributed by atoms with E-state index in [4.69, 9.17) is 0 Å². The van der Waals surface area contributed by atoms with Crippen LogP contribution in [0, 0.1) is 5.92 Å². The number of nitrogens with zero attached hydrogens (tertiary/aromatic N) is 3. The SMILES string of the molecule is CC(C)C[C@@H](C(=O)NC(=O)N(C)[C@@H](Cc1ccccc1)C(=O)N(C)CCc1ccccc1)N(C)C. The first-order valence-corrected chi connectivity index (χ1v) is 12.2. The molecule has 2 aromatic rings. The van der Waals surface area contributed by atoms with Crippen molar-refractivity contribution >= 4 is 17.8 Å². The Labute approximate surface area is 210 Å². The maximum Gasteiger partial charge on any atom is 0.324 e. The van der Waals surface area contributed by atoms with Gasteiger partial charge in [0.1, 0.15) is 6.04 Å². The van der Waals surface area contributed by atoms with Gasteiger partial charge in [0.05, 0.1) is 6.04 Å². The van der Waals surface area contributed by atoms with Crippen LogP contribution in [0.3, 0.4) is 0 Å². The molecule has 0 radical (unpaired) electrons. The van der Waals surface area contributed by atoms with Gasteiger partial charge in [-0.1, -0.05) is 74.5 Å². The van der Waals surface area contributed by atoms with Gasteiger partial charge in [0.25, 0.3) is 0 Å². The van der Waals surface area contributed by atoms with Crippen LogP contribution in [0.5, 0.6) is 0 Å². The van der Waals surface area contributed by atoms with Gasteiger partial charge in [0, 0.05) is 27.1 Å². The Morgan fingerprint density at radius 2 is 1.34 bits per heavy atom. The topological polar surface area (TPSA) is 73.0 Å². The number of imide groups is 1. The number of likely N-dealkylation sites (N-methyl/N-ethyl adjacent to an activating group) is 3. The molecule has 7 heteroatoms. The molecule has 7 nitrogen and oxygen atoms in total. The molecular formula is C28H40N4O3. The predicted molar refractivity (Wildman–Crippen MR) is 140 cm³/mol. The van der Waals surface area contributed by atoms with Crippen molar-refractivity contribution in [2.24, 2.45) is 5.92 Å². The van der Waals surface area contributed by atoms with Gasteiger partial charge in [-0.3, -0.25) is 19.8 Å². The zero-order valence-corrected chi connectivity index (χ0v) is 21.9. The molecule has 0 aromatic heterocycles. The molecule has 35 heavy (non-hydrogen) atoms. The largest absolute Gasteiger partial charge is 0.344 e. The number of amides is 4. The standard InChI is InChI=1S/C28H40N4O3/c1-21(2)19-24(30(3)4)26(33)29-28(35)32(6)25(20-23-15-11-8-12-16-23)27(34)31(5)18-17-22-13-9-7-10-14-22/h7-16,21,24-25H,17-20H2,1-6H3,(H,29,33,35)/t24-,25-/m0/s1. The summed E-state index contributed by atoms with van der Waals surface area (Å²) in [5.41, 5.74) is 2.09. The molecule has 2 rings (SSSR count). The number of hydrogen-bond donors (Lipinski definition) is 1. The average molecular weight is 481 g/mol. The number of hydrogen-bond acceptors (Lipinski definition) is 4. The van der Waals surface area contributed by atoms with Crippen molar-refractivity contribution in [3.05, 3.63) is 71.8 Å². The van der Waals surface area contributed by atoms with Gasteiger partial charge >= 0.3 is 6.03 Å². The van der Waals surface area contributed by atoms with Crippen molar-refractivity contribution in [1.29, 1.82) is 0 Å². The van der Waals surface area contributed by atoms with Gasteiger partial charge in [-0.05, 0) is 44.0 Å². The summed E-state index contributed by atoms with van der Waals surface area (Å²) in [7, 11) is 6.98. The van der Waals surface area contributed by atoms with Crippen molar-refractivity contribution in [3.63, 3.8) is 0 Å². The summed E-state index contributed by atoms with van der Waals surface area (Å²) in [4.78, 5) is 44.3. The fourth-order valence-corrected chi connectivity index (χ4v) is 3.95. The minimum absolute atomic E-state index is 0.166. The van der Waals surface area contributed by atoms with E-state index >= 15 is 0 Å². The van der Waals surface area contributed by atoms with Crippen molar-refractivity contribution < 1.29 is 14.4 Å². The molecule has 1 N–H and O–H groups in total. The molecular weight excluding hydrogens is 440 g/mol. The van der Waals surface area contributed by atoms with Gasteiger partial charge in [-0.15, -0.1) is 0 Å². The molecule has 0 saturated heterocycles. The summed E-state index contributed by atoms with van der Waals surface area (Å²) >= 11 is 0. The smallest absolute Gasteiger partial charge is 0.324 e. The first kappa shape index (κ1) is 28.1. The van der Waals surface area contributed by atoms with Gasteiger partial charge in [0.15, 0.2) is 0 Å². The van der Waals surface area contributed by atoms with Gasteiger partial charge < -0.3 is 9.80 Å². The van der Waals surface area contributed by atoms with Crippen molar-refractivity contribution in [2.45, 2.75) is 45.2 Å². The molecule has 0 bridgehead atoms. The molecule has 0 aliphatic rings. The van der Waals surface area contributed by atoms with E-state index in [9.17, 15) is 14.4 Å². The lowest BCUT2D eigenvalue weighted by Gasteiger charge is -2.32. The highest BCUT2D eigenvalue weighted by Gasteiger charge is 2.32. The van der Waals surface area contributed by atoms with Crippen LogP contribution in [0.25, 0.3) is 0 Å². The Bertz CT molecular complexity index is 947. The number of carbonyl (C=O) groups excluding carboxylic acids is 3. The summed E-state index contributed by atoms with van der Waals surface area (Å²) in [6, 6.07) is 17.8. The third-order valence-electron chi connectivity index (χ3n) is 6.15. The Balaban J connectivity index is 2.16. The fourth-order valence-electron chi connectivity index (χ4n) is 3.95. The Morgan fingerprint density at radius 3 is 1.86 bits per heavy atom. The maximum absolute atomic E-state index is 13.5.